The zero-order chi connectivity index (χ0) is 16.7. The Morgan fingerprint density at radius 3 is 2.83 bits per heavy atom. The summed E-state index contributed by atoms with van der Waals surface area (Å²) in [6, 6.07) is 7.62. The van der Waals surface area contributed by atoms with Crippen LogP contribution in [0.3, 0.4) is 0 Å². The van der Waals surface area contributed by atoms with Crippen LogP contribution < -0.4 is 10.1 Å². The van der Waals surface area contributed by atoms with Crippen molar-refractivity contribution in [1.82, 2.24) is 10.3 Å². The molecule has 1 aromatic heterocycles. The first-order valence-electron chi connectivity index (χ1n) is 7.25. The minimum Gasteiger partial charge on any atom is -0.483 e. The van der Waals surface area contributed by atoms with E-state index in [1.807, 2.05) is 31.2 Å². The maximum atomic E-state index is 11.8. The van der Waals surface area contributed by atoms with Crippen LogP contribution in [0.4, 0.5) is 0 Å². The van der Waals surface area contributed by atoms with Gasteiger partial charge in [-0.2, -0.15) is 0 Å². The molecule has 0 saturated heterocycles. The zero-order valence-electron chi connectivity index (χ0n) is 12.7. The van der Waals surface area contributed by atoms with Crippen LogP contribution in [0.1, 0.15) is 28.0 Å². The van der Waals surface area contributed by atoms with Gasteiger partial charge in [0.25, 0.3) is 5.91 Å². The lowest BCUT2D eigenvalue weighted by Crippen LogP contribution is -2.30. The first-order valence-corrected chi connectivity index (χ1v) is 8.13. The normalized spacial score (nSPS) is 10.3. The van der Waals surface area contributed by atoms with Crippen LogP contribution >= 0.6 is 11.3 Å². The molecule has 7 heteroatoms. The average Bonchev–Trinajstić information content (AvgIpc) is 3.02. The molecule has 1 amide bonds. The Labute approximate surface area is 138 Å². The van der Waals surface area contributed by atoms with Gasteiger partial charge in [-0.3, -0.25) is 4.79 Å². The highest BCUT2D eigenvalue weighted by atomic mass is 32.1. The van der Waals surface area contributed by atoms with Gasteiger partial charge < -0.3 is 15.2 Å². The molecule has 0 radical (unpaired) electrons. The maximum absolute atomic E-state index is 11.8. The molecule has 23 heavy (non-hydrogen) atoms. The zero-order valence-corrected chi connectivity index (χ0v) is 13.6. The van der Waals surface area contributed by atoms with Crippen LogP contribution in [0.25, 0.3) is 0 Å². The van der Waals surface area contributed by atoms with Crippen molar-refractivity contribution in [3.63, 3.8) is 0 Å². The van der Waals surface area contributed by atoms with Crippen LogP contribution in [0.2, 0.25) is 0 Å². The fourth-order valence-corrected chi connectivity index (χ4v) is 2.74. The number of carboxylic acids is 1. The molecular weight excluding hydrogens is 316 g/mol. The maximum Gasteiger partial charge on any atom is 0.355 e. The third-order valence-electron chi connectivity index (χ3n) is 3.14. The van der Waals surface area contributed by atoms with E-state index in [0.717, 1.165) is 17.7 Å². The number of thiazole rings is 1. The molecule has 0 spiro atoms. The highest BCUT2D eigenvalue weighted by Gasteiger charge is 2.09. The molecule has 1 aromatic carbocycles. The van der Waals surface area contributed by atoms with E-state index in [1.54, 1.807) is 0 Å². The molecule has 2 aromatic rings. The number of nitrogens with one attached hydrogen (secondary N) is 1. The van der Waals surface area contributed by atoms with Crippen molar-refractivity contribution in [2.45, 2.75) is 19.8 Å². The van der Waals surface area contributed by atoms with Crippen LogP contribution in [0.5, 0.6) is 5.75 Å². The van der Waals surface area contributed by atoms with Gasteiger partial charge in [-0.05, 0) is 18.1 Å². The topological polar surface area (TPSA) is 88.5 Å². The lowest BCUT2D eigenvalue weighted by Gasteiger charge is -2.10. The molecule has 122 valence electrons. The monoisotopic (exact) mass is 334 g/mol. The number of carboxylic acid groups (broad SMARTS) is 1. The Kier molecular flexibility index (Phi) is 6.10. The summed E-state index contributed by atoms with van der Waals surface area (Å²) in [5, 5.41) is 13.7. The summed E-state index contributed by atoms with van der Waals surface area (Å²) in [5.74, 6) is -0.540. The van der Waals surface area contributed by atoms with Crippen LogP contribution in [0, 0.1) is 0 Å². The highest BCUT2D eigenvalue weighted by Crippen LogP contribution is 2.17. The third-order valence-corrected chi connectivity index (χ3v) is 4.05. The van der Waals surface area contributed by atoms with E-state index >= 15 is 0 Å². The second-order valence-corrected chi connectivity index (χ2v) is 5.72. The summed E-state index contributed by atoms with van der Waals surface area (Å²) < 4.78 is 5.53. The van der Waals surface area contributed by atoms with Gasteiger partial charge in [0.05, 0.1) is 5.01 Å². The summed E-state index contributed by atoms with van der Waals surface area (Å²) in [6.07, 6.45) is 1.34. The number of carbonyl (C=O) groups is 2. The Balaban J connectivity index is 1.73. The Bertz CT molecular complexity index is 684. The van der Waals surface area contributed by atoms with Crippen molar-refractivity contribution in [3.05, 3.63) is 45.9 Å². The predicted octanol–water partition coefficient (Wildman–Crippen LogP) is 2.14. The van der Waals surface area contributed by atoms with E-state index in [0.29, 0.717) is 18.0 Å². The van der Waals surface area contributed by atoms with E-state index in [4.69, 9.17) is 9.84 Å². The molecule has 0 fully saturated rings. The average molecular weight is 334 g/mol. The molecule has 1 heterocycles. The molecule has 0 aliphatic rings. The lowest BCUT2D eigenvalue weighted by atomic mass is 10.1. The van der Waals surface area contributed by atoms with Gasteiger partial charge in [-0.25, -0.2) is 9.78 Å². The molecule has 2 N–H and O–H groups in total. The third kappa shape index (κ3) is 5.07. The number of hydrogen-bond acceptors (Lipinski definition) is 5. The fourth-order valence-electron chi connectivity index (χ4n) is 1.96. The number of rotatable bonds is 8. The number of nitrogens with zero attached hydrogens (tertiary/aromatic N) is 1. The number of aromatic nitrogens is 1. The fraction of sp³-hybridized carbons (Fsp3) is 0.312. The first kappa shape index (κ1) is 17.0. The van der Waals surface area contributed by atoms with Gasteiger partial charge in [0.15, 0.2) is 12.3 Å². The summed E-state index contributed by atoms with van der Waals surface area (Å²) in [7, 11) is 0. The van der Waals surface area contributed by atoms with Gasteiger partial charge >= 0.3 is 5.97 Å². The van der Waals surface area contributed by atoms with Crippen LogP contribution in [-0.4, -0.2) is 35.1 Å². The molecule has 6 nitrogen and oxygen atoms in total. The van der Waals surface area contributed by atoms with Gasteiger partial charge in [-0.15, -0.1) is 11.3 Å². The second-order valence-electron chi connectivity index (χ2n) is 4.78. The largest absolute Gasteiger partial charge is 0.483 e. The number of aromatic carboxylic acids is 1. The summed E-state index contributed by atoms with van der Waals surface area (Å²) >= 11 is 1.27. The number of hydrogen-bond donors (Lipinski definition) is 2. The molecule has 0 bridgehead atoms. The van der Waals surface area contributed by atoms with Crippen molar-refractivity contribution in [2.24, 2.45) is 0 Å². The van der Waals surface area contributed by atoms with E-state index < -0.39 is 5.97 Å². The Morgan fingerprint density at radius 1 is 1.35 bits per heavy atom. The minimum absolute atomic E-state index is 0.0378. The number of carbonyl (C=O) groups excluding carboxylic acids is 1. The molecular formula is C16H18N2O4S. The first-order chi connectivity index (χ1) is 11.1. The van der Waals surface area contributed by atoms with Crippen molar-refractivity contribution in [3.8, 4) is 5.75 Å². The van der Waals surface area contributed by atoms with Gasteiger partial charge in [0, 0.05) is 18.3 Å². The number of benzene rings is 1. The van der Waals surface area contributed by atoms with Gasteiger partial charge in [-0.1, -0.05) is 25.1 Å². The van der Waals surface area contributed by atoms with Crippen LogP contribution in [-0.2, 0) is 17.6 Å². The number of amides is 1. The quantitative estimate of drug-likeness (QED) is 0.772. The van der Waals surface area contributed by atoms with Gasteiger partial charge in [0.2, 0.25) is 0 Å². The van der Waals surface area contributed by atoms with E-state index in [9.17, 15) is 9.59 Å². The van der Waals surface area contributed by atoms with Crippen LogP contribution in [0.15, 0.2) is 29.6 Å². The predicted molar refractivity (Wildman–Crippen MR) is 87.1 cm³/mol. The van der Waals surface area contributed by atoms with Crippen molar-refractivity contribution in [2.75, 3.05) is 13.2 Å². The summed E-state index contributed by atoms with van der Waals surface area (Å²) in [4.78, 5) is 26.5. The number of para-hydroxylation sites is 1. The van der Waals surface area contributed by atoms with Gasteiger partial charge in [0.1, 0.15) is 5.75 Å². The molecule has 2 rings (SSSR count). The summed E-state index contributed by atoms with van der Waals surface area (Å²) in [5.41, 5.74) is 1.10. The smallest absolute Gasteiger partial charge is 0.355 e. The molecule has 0 aliphatic carbocycles. The summed E-state index contributed by atoms with van der Waals surface area (Å²) in [6.45, 7) is 2.38. The SMILES string of the molecule is CCc1ccccc1OCC(=O)NCCc1nc(C(=O)O)cs1. The number of aryl methyl sites for hydroxylation is 1. The minimum atomic E-state index is -1.04. The van der Waals surface area contributed by atoms with E-state index in [2.05, 4.69) is 10.3 Å². The number of ether oxygens (including phenoxy) is 1. The molecule has 0 atom stereocenters. The van der Waals surface area contributed by atoms with Crippen molar-refractivity contribution < 1.29 is 19.4 Å². The Morgan fingerprint density at radius 2 is 2.13 bits per heavy atom. The second kappa shape index (κ2) is 8.28. The van der Waals surface area contributed by atoms with E-state index in [1.165, 1.54) is 16.7 Å². The highest BCUT2D eigenvalue weighted by molar-refractivity contribution is 7.09. The standard InChI is InChI=1S/C16H18N2O4S/c1-2-11-5-3-4-6-13(11)22-9-14(19)17-8-7-15-18-12(10-23-15)16(20)21/h3-6,10H,2,7-9H2,1H3,(H,17,19)(H,20,21). The van der Waals surface area contributed by atoms with Crippen molar-refractivity contribution >= 4 is 23.2 Å². The lowest BCUT2D eigenvalue weighted by molar-refractivity contribution is -0.123. The Hall–Kier alpha value is -2.41. The van der Waals surface area contributed by atoms with E-state index in [-0.39, 0.29) is 18.2 Å². The molecule has 0 unspecified atom stereocenters. The molecule has 0 aliphatic heterocycles. The molecule has 0 saturated carbocycles. The van der Waals surface area contributed by atoms with Crippen molar-refractivity contribution in [1.29, 1.82) is 0 Å².